The molecule has 0 atom stereocenters. The molecular weight excluding hydrogens is 354 g/mol. The predicted molar refractivity (Wildman–Crippen MR) is 108 cm³/mol. The van der Waals surface area contributed by atoms with Crippen molar-refractivity contribution >= 4 is 12.0 Å². The first-order chi connectivity index (χ1) is 13.4. The van der Waals surface area contributed by atoms with Crippen molar-refractivity contribution in [1.29, 1.82) is 5.26 Å². The topological polar surface area (TPSA) is 79.5 Å². The molecule has 28 heavy (non-hydrogen) atoms. The van der Waals surface area contributed by atoms with Crippen molar-refractivity contribution in [3.8, 4) is 17.6 Å². The lowest BCUT2D eigenvalue weighted by Gasteiger charge is -2.23. The molecule has 0 heterocycles. The fourth-order valence-electron chi connectivity index (χ4n) is 2.55. The smallest absolute Gasteiger partial charge is 0.346 e. The van der Waals surface area contributed by atoms with Crippen LogP contribution in [0.1, 0.15) is 38.3 Å². The molecule has 1 N–H and O–H groups in total. The summed E-state index contributed by atoms with van der Waals surface area (Å²) in [5.74, 6) is 0.000514. The molecule has 0 saturated carbocycles. The average Bonchev–Trinajstić information content (AvgIpc) is 2.70. The molecule has 5 nitrogen and oxygen atoms in total. The maximum atomic E-state index is 11.0. The fraction of sp³-hybridized carbons (Fsp3) is 0.304. The number of para-hydroxylation sites is 1. The molecule has 2 rings (SSSR count). The minimum Gasteiger partial charge on any atom is -0.490 e. The second-order valence-electron chi connectivity index (χ2n) is 6.97. The molecule has 146 valence electrons. The van der Waals surface area contributed by atoms with Crippen LogP contribution in [-0.4, -0.2) is 24.3 Å². The normalized spacial score (nSPS) is 11.6. The summed E-state index contributed by atoms with van der Waals surface area (Å²) in [7, 11) is 0. The first-order valence-corrected chi connectivity index (χ1v) is 9.17. The molecule has 0 saturated heterocycles. The van der Waals surface area contributed by atoms with Gasteiger partial charge in [0.1, 0.15) is 36.4 Å². The van der Waals surface area contributed by atoms with E-state index in [1.54, 1.807) is 30.3 Å². The predicted octanol–water partition coefficient (Wildman–Crippen LogP) is 4.82. The SMILES string of the molecule is CCC(C)(C)c1ccc(OCCOc2ccccc2C=C(C#N)C(=O)O)cc1. The van der Waals surface area contributed by atoms with Gasteiger partial charge in [0, 0.05) is 5.56 Å². The maximum absolute atomic E-state index is 11.0. The highest BCUT2D eigenvalue weighted by Crippen LogP contribution is 2.28. The summed E-state index contributed by atoms with van der Waals surface area (Å²) in [5.41, 5.74) is 1.60. The van der Waals surface area contributed by atoms with Crippen molar-refractivity contribution in [3.05, 3.63) is 65.2 Å². The largest absolute Gasteiger partial charge is 0.490 e. The van der Waals surface area contributed by atoms with E-state index in [1.165, 1.54) is 11.6 Å². The molecule has 2 aromatic carbocycles. The van der Waals surface area contributed by atoms with Crippen molar-refractivity contribution in [2.75, 3.05) is 13.2 Å². The molecule has 2 aromatic rings. The zero-order valence-corrected chi connectivity index (χ0v) is 16.4. The summed E-state index contributed by atoms with van der Waals surface area (Å²) in [5, 5.41) is 17.9. The van der Waals surface area contributed by atoms with Gasteiger partial charge in [0.05, 0.1) is 0 Å². The van der Waals surface area contributed by atoms with Gasteiger partial charge in [-0.25, -0.2) is 4.79 Å². The van der Waals surface area contributed by atoms with Crippen molar-refractivity contribution < 1.29 is 19.4 Å². The molecule has 0 aromatic heterocycles. The van der Waals surface area contributed by atoms with E-state index in [0.717, 1.165) is 12.2 Å². The van der Waals surface area contributed by atoms with Gasteiger partial charge in [-0.2, -0.15) is 5.26 Å². The summed E-state index contributed by atoms with van der Waals surface area (Å²) in [6.07, 6.45) is 2.36. The van der Waals surface area contributed by atoms with Crippen LogP contribution in [0.4, 0.5) is 0 Å². The van der Waals surface area contributed by atoms with Gasteiger partial charge in [-0.15, -0.1) is 0 Å². The summed E-state index contributed by atoms with van der Waals surface area (Å²) in [6, 6.07) is 16.7. The van der Waals surface area contributed by atoms with Gasteiger partial charge in [0.25, 0.3) is 0 Å². The van der Waals surface area contributed by atoms with Crippen LogP contribution in [0.15, 0.2) is 54.1 Å². The van der Waals surface area contributed by atoms with Crippen molar-refractivity contribution in [1.82, 2.24) is 0 Å². The van der Waals surface area contributed by atoms with E-state index in [2.05, 4.69) is 32.9 Å². The van der Waals surface area contributed by atoms with E-state index >= 15 is 0 Å². The van der Waals surface area contributed by atoms with Crippen molar-refractivity contribution in [2.24, 2.45) is 0 Å². The lowest BCUT2D eigenvalue weighted by molar-refractivity contribution is -0.132. The summed E-state index contributed by atoms with van der Waals surface area (Å²) in [6.45, 7) is 7.24. The van der Waals surface area contributed by atoms with E-state index in [9.17, 15) is 4.79 Å². The van der Waals surface area contributed by atoms with Crippen LogP contribution in [0.5, 0.6) is 11.5 Å². The highest BCUT2D eigenvalue weighted by molar-refractivity contribution is 5.96. The zero-order valence-electron chi connectivity index (χ0n) is 16.4. The lowest BCUT2D eigenvalue weighted by atomic mass is 9.82. The highest BCUT2D eigenvalue weighted by Gasteiger charge is 2.17. The fourth-order valence-corrected chi connectivity index (χ4v) is 2.55. The van der Waals surface area contributed by atoms with Gasteiger partial charge in [0.2, 0.25) is 0 Å². The number of carbonyl (C=O) groups is 1. The Kier molecular flexibility index (Phi) is 7.22. The van der Waals surface area contributed by atoms with Crippen LogP contribution in [0.25, 0.3) is 6.08 Å². The Hall–Kier alpha value is -3.26. The third-order valence-corrected chi connectivity index (χ3v) is 4.70. The Labute approximate surface area is 165 Å². The molecule has 0 amide bonds. The average molecular weight is 379 g/mol. The second-order valence-corrected chi connectivity index (χ2v) is 6.97. The van der Waals surface area contributed by atoms with Crippen molar-refractivity contribution in [2.45, 2.75) is 32.6 Å². The Morgan fingerprint density at radius 3 is 2.36 bits per heavy atom. The number of nitrogens with zero attached hydrogens (tertiary/aromatic N) is 1. The highest BCUT2D eigenvalue weighted by atomic mass is 16.5. The molecular formula is C23H25NO4. The van der Waals surface area contributed by atoms with Gasteiger partial charge < -0.3 is 14.6 Å². The summed E-state index contributed by atoms with van der Waals surface area (Å²) < 4.78 is 11.4. The lowest BCUT2D eigenvalue weighted by Crippen LogP contribution is -2.15. The first-order valence-electron chi connectivity index (χ1n) is 9.17. The Morgan fingerprint density at radius 2 is 1.75 bits per heavy atom. The second kappa shape index (κ2) is 9.61. The number of hydrogen-bond acceptors (Lipinski definition) is 4. The molecule has 0 fully saturated rings. The van der Waals surface area contributed by atoms with Gasteiger partial charge in [-0.3, -0.25) is 0 Å². The van der Waals surface area contributed by atoms with Crippen LogP contribution in [0, 0.1) is 11.3 Å². The minimum absolute atomic E-state index is 0.136. The monoisotopic (exact) mass is 379 g/mol. The van der Waals surface area contributed by atoms with Crippen LogP contribution < -0.4 is 9.47 Å². The summed E-state index contributed by atoms with van der Waals surface area (Å²) in [4.78, 5) is 11.0. The van der Waals surface area contributed by atoms with Crippen LogP contribution in [-0.2, 0) is 10.2 Å². The number of nitriles is 1. The standard InChI is InChI=1S/C23H25NO4/c1-4-23(2,3)19-9-11-20(12-10-19)27-13-14-28-21-8-6-5-7-17(21)15-18(16-24)22(25)26/h5-12,15H,4,13-14H2,1-3H3,(H,25,26). The number of benzene rings is 2. The van der Waals surface area contributed by atoms with E-state index in [1.807, 2.05) is 12.1 Å². The van der Waals surface area contributed by atoms with Gasteiger partial charge in [-0.05, 0) is 41.7 Å². The minimum atomic E-state index is -1.27. The molecule has 0 aliphatic heterocycles. The Balaban J connectivity index is 1.94. The number of rotatable bonds is 9. The van der Waals surface area contributed by atoms with Gasteiger partial charge in [-0.1, -0.05) is 51.1 Å². The zero-order chi connectivity index (χ0) is 20.6. The van der Waals surface area contributed by atoms with Gasteiger partial charge in [0.15, 0.2) is 0 Å². The number of ether oxygens (including phenoxy) is 2. The van der Waals surface area contributed by atoms with E-state index < -0.39 is 5.97 Å². The first kappa shape index (κ1) is 21.0. The molecule has 0 spiro atoms. The Bertz CT molecular complexity index is 876. The molecule has 0 aliphatic carbocycles. The van der Waals surface area contributed by atoms with E-state index in [4.69, 9.17) is 19.8 Å². The van der Waals surface area contributed by atoms with Crippen LogP contribution in [0.3, 0.4) is 0 Å². The molecule has 0 unspecified atom stereocenters. The third-order valence-electron chi connectivity index (χ3n) is 4.70. The number of hydrogen-bond donors (Lipinski definition) is 1. The molecule has 0 aliphatic rings. The van der Waals surface area contributed by atoms with E-state index in [0.29, 0.717) is 24.5 Å². The van der Waals surface area contributed by atoms with Crippen molar-refractivity contribution in [3.63, 3.8) is 0 Å². The van der Waals surface area contributed by atoms with E-state index in [-0.39, 0.29) is 11.0 Å². The molecule has 0 radical (unpaired) electrons. The molecule has 5 heteroatoms. The number of aliphatic carboxylic acids is 1. The van der Waals surface area contributed by atoms with Crippen LogP contribution >= 0.6 is 0 Å². The third kappa shape index (κ3) is 5.62. The quantitative estimate of drug-likeness (QED) is 0.384. The number of carboxylic acid groups (broad SMARTS) is 1. The maximum Gasteiger partial charge on any atom is 0.346 e. The number of carboxylic acids is 1. The van der Waals surface area contributed by atoms with Crippen LogP contribution in [0.2, 0.25) is 0 Å². The van der Waals surface area contributed by atoms with Gasteiger partial charge >= 0.3 is 5.97 Å². The Morgan fingerprint density at radius 1 is 1.11 bits per heavy atom. The summed E-state index contributed by atoms with van der Waals surface area (Å²) >= 11 is 0. The molecule has 0 bridgehead atoms.